The molecule has 0 aromatic rings. The van der Waals surface area contributed by atoms with Crippen molar-refractivity contribution in [3.63, 3.8) is 0 Å². The predicted octanol–water partition coefficient (Wildman–Crippen LogP) is 1.49. The number of likely N-dealkylation sites (tertiary alicyclic amines) is 1. The van der Waals surface area contributed by atoms with Gasteiger partial charge in [-0.05, 0) is 20.8 Å². The molecule has 0 bridgehead atoms. The average Bonchev–Trinajstić information content (AvgIpc) is 2.24. The van der Waals surface area contributed by atoms with Crippen LogP contribution in [0.4, 0.5) is 8.78 Å². The number of alkyl halides is 2. The van der Waals surface area contributed by atoms with Crippen LogP contribution in [0.25, 0.3) is 0 Å². The van der Waals surface area contributed by atoms with Crippen LogP contribution in [0.1, 0.15) is 27.2 Å². The summed E-state index contributed by atoms with van der Waals surface area (Å²) < 4.78 is 26.0. The lowest BCUT2D eigenvalue weighted by molar-refractivity contribution is 0.00108. The van der Waals surface area contributed by atoms with Crippen molar-refractivity contribution in [1.29, 1.82) is 0 Å². The Bertz CT molecular complexity index is 189. The highest BCUT2D eigenvalue weighted by Crippen LogP contribution is 2.35. The molecule has 1 N–H and O–H groups in total. The Morgan fingerprint density at radius 2 is 2.00 bits per heavy atom. The van der Waals surface area contributed by atoms with E-state index in [1.165, 1.54) is 0 Å². The topological polar surface area (TPSA) is 23.5 Å². The molecule has 13 heavy (non-hydrogen) atoms. The first-order chi connectivity index (χ1) is 5.76. The summed E-state index contributed by atoms with van der Waals surface area (Å²) in [4.78, 5) is 1.67. The Morgan fingerprint density at radius 3 is 2.31 bits per heavy atom. The number of hydrogen-bond acceptors (Lipinski definition) is 2. The van der Waals surface area contributed by atoms with E-state index in [1.807, 2.05) is 20.8 Å². The van der Waals surface area contributed by atoms with Gasteiger partial charge in [-0.2, -0.15) is 0 Å². The Kier molecular flexibility index (Phi) is 2.65. The van der Waals surface area contributed by atoms with Crippen molar-refractivity contribution in [2.75, 3.05) is 13.2 Å². The third-order valence-electron chi connectivity index (χ3n) is 2.45. The fraction of sp³-hybridized carbons (Fsp3) is 1.00. The Morgan fingerprint density at radius 1 is 1.46 bits per heavy atom. The molecule has 1 heterocycles. The van der Waals surface area contributed by atoms with Gasteiger partial charge >= 0.3 is 0 Å². The van der Waals surface area contributed by atoms with Crippen molar-refractivity contribution in [1.82, 2.24) is 4.90 Å². The highest BCUT2D eigenvalue weighted by Gasteiger charge is 2.47. The van der Waals surface area contributed by atoms with Crippen LogP contribution >= 0.6 is 0 Å². The molecule has 1 atom stereocenters. The van der Waals surface area contributed by atoms with Crippen molar-refractivity contribution >= 4 is 0 Å². The van der Waals surface area contributed by atoms with E-state index in [0.29, 0.717) is 0 Å². The maximum absolute atomic E-state index is 13.0. The van der Waals surface area contributed by atoms with Crippen LogP contribution in [0.3, 0.4) is 0 Å². The third-order valence-corrected chi connectivity index (χ3v) is 2.45. The van der Waals surface area contributed by atoms with E-state index < -0.39 is 12.0 Å². The Balaban J connectivity index is 2.75. The van der Waals surface area contributed by atoms with Crippen LogP contribution in [0.5, 0.6) is 0 Å². The number of aliphatic hydroxyl groups excluding tert-OH is 1. The first kappa shape index (κ1) is 10.9. The van der Waals surface area contributed by atoms with Crippen molar-refractivity contribution in [3.8, 4) is 0 Å². The average molecular weight is 193 g/mol. The number of rotatable bonds is 1. The van der Waals surface area contributed by atoms with Crippen molar-refractivity contribution in [2.24, 2.45) is 0 Å². The van der Waals surface area contributed by atoms with E-state index in [4.69, 9.17) is 5.11 Å². The quantitative estimate of drug-likeness (QED) is 0.682. The number of halogens is 2. The summed E-state index contributed by atoms with van der Waals surface area (Å²) in [6, 6.07) is -0.394. The van der Waals surface area contributed by atoms with Crippen LogP contribution in [0.15, 0.2) is 0 Å². The second-order valence-corrected chi connectivity index (χ2v) is 4.70. The molecule has 1 rings (SSSR count). The molecule has 0 aliphatic carbocycles. The van der Waals surface area contributed by atoms with Crippen molar-refractivity contribution < 1.29 is 13.9 Å². The van der Waals surface area contributed by atoms with E-state index >= 15 is 0 Å². The molecule has 4 heteroatoms. The summed E-state index contributed by atoms with van der Waals surface area (Å²) >= 11 is 0. The van der Waals surface area contributed by atoms with Crippen LogP contribution in [0.2, 0.25) is 0 Å². The van der Waals surface area contributed by atoms with Gasteiger partial charge < -0.3 is 5.11 Å². The van der Waals surface area contributed by atoms with Crippen LogP contribution in [-0.2, 0) is 0 Å². The van der Waals surface area contributed by atoms with E-state index in [2.05, 4.69) is 0 Å². The molecule has 1 aliphatic heterocycles. The molecule has 78 valence electrons. The largest absolute Gasteiger partial charge is 0.395 e. The lowest BCUT2D eigenvalue weighted by Gasteiger charge is -2.35. The fourth-order valence-electron chi connectivity index (χ4n) is 1.85. The van der Waals surface area contributed by atoms with Crippen LogP contribution in [-0.4, -0.2) is 40.7 Å². The molecule has 1 aliphatic rings. The van der Waals surface area contributed by atoms with Gasteiger partial charge in [0.1, 0.15) is 0 Å². The van der Waals surface area contributed by atoms with Crippen molar-refractivity contribution in [3.05, 3.63) is 0 Å². The molecule has 0 aromatic heterocycles. The summed E-state index contributed by atoms with van der Waals surface area (Å²) in [5.41, 5.74) is -0.298. The lowest BCUT2D eigenvalue weighted by Crippen LogP contribution is -2.46. The molecule has 0 radical (unpaired) electrons. The van der Waals surface area contributed by atoms with E-state index in [-0.39, 0.29) is 25.1 Å². The minimum atomic E-state index is -2.64. The highest BCUT2D eigenvalue weighted by molar-refractivity contribution is 4.95. The van der Waals surface area contributed by atoms with E-state index in [1.54, 1.807) is 4.90 Å². The second-order valence-electron chi connectivity index (χ2n) is 4.70. The molecule has 1 fully saturated rings. The summed E-state index contributed by atoms with van der Waals surface area (Å²) in [6.45, 7) is 5.24. The van der Waals surface area contributed by atoms with Crippen LogP contribution in [0, 0.1) is 0 Å². The van der Waals surface area contributed by atoms with Gasteiger partial charge in [0.25, 0.3) is 5.92 Å². The molecule has 0 spiro atoms. The monoisotopic (exact) mass is 193 g/mol. The van der Waals surface area contributed by atoms with Gasteiger partial charge in [-0.25, -0.2) is 8.78 Å². The molecule has 1 saturated heterocycles. The number of aliphatic hydroxyl groups is 1. The van der Waals surface area contributed by atoms with Gasteiger partial charge in [0.05, 0.1) is 13.2 Å². The predicted molar refractivity (Wildman–Crippen MR) is 46.9 cm³/mol. The van der Waals surface area contributed by atoms with Gasteiger partial charge in [-0.15, -0.1) is 0 Å². The summed E-state index contributed by atoms with van der Waals surface area (Å²) in [7, 11) is 0. The number of hydrogen-bond donors (Lipinski definition) is 1. The normalized spacial score (nSPS) is 29.5. The van der Waals surface area contributed by atoms with Gasteiger partial charge in [0.15, 0.2) is 0 Å². The number of nitrogens with zero attached hydrogens (tertiary/aromatic N) is 1. The minimum absolute atomic E-state index is 0.188. The van der Waals surface area contributed by atoms with E-state index in [0.717, 1.165) is 0 Å². The zero-order chi connectivity index (χ0) is 10.3. The SMILES string of the molecule is CC(C)(C)N1CC(F)(F)CC1CO. The smallest absolute Gasteiger partial charge is 0.262 e. The van der Waals surface area contributed by atoms with Crippen molar-refractivity contribution in [2.45, 2.75) is 44.7 Å². The third kappa shape index (κ3) is 2.38. The van der Waals surface area contributed by atoms with Crippen LogP contribution < -0.4 is 0 Å². The maximum atomic E-state index is 13.0. The second kappa shape index (κ2) is 3.17. The molecule has 0 aromatic carbocycles. The Hall–Kier alpha value is -0.220. The zero-order valence-electron chi connectivity index (χ0n) is 8.35. The highest BCUT2D eigenvalue weighted by atomic mass is 19.3. The van der Waals surface area contributed by atoms with Gasteiger partial charge in [0, 0.05) is 18.0 Å². The minimum Gasteiger partial charge on any atom is -0.395 e. The molecule has 0 amide bonds. The molecule has 2 nitrogen and oxygen atoms in total. The standard InChI is InChI=1S/C9H17F2NO/c1-8(2,3)12-6-9(10,11)4-7(12)5-13/h7,13H,4-6H2,1-3H3. The Labute approximate surface area is 77.5 Å². The van der Waals surface area contributed by atoms with Gasteiger partial charge in [0.2, 0.25) is 0 Å². The summed E-state index contributed by atoms with van der Waals surface area (Å²) in [5.74, 6) is -2.64. The first-order valence-corrected chi connectivity index (χ1v) is 4.52. The molecular formula is C9H17F2NO. The fourth-order valence-corrected chi connectivity index (χ4v) is 1.85. The van der Waals surface area contributed by atoms with E-state index in [9.17, 15) is 8.78 Å². The van der Waals surface area contributed by atoms with Gasteiger partial charge in [-0.3, -0.25) is 4.90 Å². The molecular weight excluding hydrogens is 176 g/mol. The lowest BCUT2D eigenvalue weighted by atomic mass is 10.1. The first-order valence-electron chi connectivity index (χ1n) is 4.52. The molecule has 1 unspecified atom stereocenters. The summed E-state index contributed by atoms with van der Waals surface area (Å²) in [6.07, 6.45) is -0.221. The maximum Gasteiger partial charge on any atom is 0.262 e. The zero-order valence-corrected chi connectivity index (χ0v) is 8.35. The van der Waals surface area contributed by atoms with Gasteiger partial charge in [-0.1, -0.05) is 0 Å². The summed E-state index contributed by atoms with van der Waals surface area (Å²) in [5, 5.41) is 8.96. The molecule has 0 saturated carbocycles.